The molecule has 0 aliphatic carbocycles. The van der Waals surface area contributed by atoms with Crippen LogP contribution in [0.15, 0.2) is 12.0 Å². The Bertz CT molecular complexity index is 143. The summed E-state index contributed by atoms with van der Waals surface area (Å²) in [7, 11) is -3.00. The highest BCUT2D eigenvalue weighted by atomic mass is 32.2. The number of sulfone groups is 1. The second-order valence-electron chi connectivity index (χ2n) is 1.03. The van der Waals surface area contributed by atoms with E-state index in [4.69, 9.17) is 0 Å². The molecule has 7 heavy (non-hydrogen) atoms. The fraction of sp³-hybridized carbons (Fsp3) is 0.250. The van der Waals surface area contributed by atoms with Gasteiger partial charge in [-0.2, -0.15) is 0 Å². The van der Waals surface area contributed by atoms with E-state index >= 15 is 0 Å². The van der Waals surface area contributed by atoms with E-state index in [-0.39, 0.29) is 5.75 Å². The lowest BCUT2D eigenvalue weighted by molar-refractivity contribution is 0.607. The van der Waals surface area contributed by atoms with Gasteiger partial charge in [-0.3, -0.25) is 0 Å². The van der Waals surface area contributed by atoms with Crippen LogP contribution in [0.5, 0.6) is 0 Å². The van der Waals surface area contributed by atoms with Crippen LogP contribution in [0.25, 0.3) is 0 Å². The number of hydrogen-bond acceptors (Lipinski definition) is 2. The maximum atomic E-state index is 10.2. The van der Waals surface area contributed by atoms with Gasteiger partial charge in [0.1, 0.15) is 0 Å². The van der Waals surface area contributed by atoms with Crippen molar-refractivity contribution in [1.82, 2.24) is 0 Å². The van der Waals surface area contributed by atoms with Gasteiger partial charge in [-0.15, -0.1) is 0 Å². The normalized spacial score (nSPS) is 11.0. The lowest BCUT2D eigenvalue weighted by Crippen LogP contribution is -1.95. The molecule has 41 valence electrons. The molecule has 2 nitrogen and oxygen atoms in total. The standard InChI is InChI=1S/C4H7O2S/c1-3-7(5,6)4-2/h3H,1-2,4H2. The van der Waals surface area contributed by atoms with E-state index in [0.717, 1.165) is 5.41 Å². The highest BCUT2D eigenvalue weighted by Gasteiger charge is 1.95. The molecular formula is C4H7O2S. The van der Waals surface area contributed by atoms with Gasteiger partial charge in [0.2, 0.25) is 0 Å². The number of hydrogen-bond donors (Lipinski definition) is 0. The first kappa shape index (κ1) is 6.69. The SMILES string of the molecule is [CH2]CS(=O)(=O)C=C. The van der Waals surface area contributed by atoms with Crippen molar-refractivity contribution < 1.29 is 8.42 Å². The summed E-state index contributed by atoms with van der Waals surface area (Å²) in [6.45, 7) is 6.24. The molecule has 0 aliphatic rings. The predicted molar refractivity (Wildman–Crippen MR) is 29.3 cm³/mol. The summed E-state index contributed by atoms with van der Waals surface area (Å²) in [6, 6.07) is 0. The molecular weight excluding hydrogens is 112 g/mol. The predicted octanol–water partition coefficient (Wildman–Crippen LogP) is 0.379. The third kappa shape index (κ3) is 2.39. The third-order valence-electron chi connectivity index (χ3n) is 0.538. The Morgan fingerprint density at radius 2 is 2.00 bits per heavy atom. The zero-order chi connectivity index (χ0) is 5.91. The molecule has 0 aromatic carbocycles. The molecule has 0 saturated heterocycles. The van der Waals surface area contributed by atoms with E-state index in [1.54, 1.807) is 0 Å². The van der Waals surface area contributed by atoms with Crippen LogP contribution in [0.4, 0.5) is 0 Å². The minimum Gasteiger partial charge on any atom is -0.224 e. The molecule has 0 saturated carbocycles. The molecule has 0 unspecified atom stereocenters. The summed E-state index contributed by atoms with van der Waals surface area (Å²) < 4.78 is 20.4. The van der Waals surface area contributed by atoms with Crippen molar-refractivity contribution >= 4 is 9.84 Å². The van der Waals surface area contributed by atoms with Gasteiger partial charge in [0, 0.05) is 5.41 Å². The zero-order valence-corrected chi connectivity index (χ0v) is 4.74. The minimum atomic E-state index is -3.00. The fourth-order valence-corrected chi connectivity index (χ4v) is 0.250. The molecule has 0 N–H and O–H groups in total. The van der Waals surface area contributed by atoms with Gasteiger partial charge in [-0.05, 0) is 6.92 Å². The Kier molecular flexibility index (Phi) is 2.02. The topological polar surface area (TPSA) is 34.1 Å². The van der Waals surface area contributed by atoms with Crippen molar-refractivity contribution in [3.8, 4) is 0 Å². The van der Waals surface area contributed by atoms with Gasteiger partial charge in [-0.1, -0.05) is 6.58 Å². The highest BCUT2D eigenvalue weighted by Crippen LogP contribution is 1.85. The maximum Gasteiger partial charge on any atom is 0.171 e. The average molecular weight is 119 g/mol. The van der Waals surface area contributed by atoms with Gasteiger partial charge < -0.3 is 0 Å². The van der Waals surface area contributed by atoms with Crippen LogP contribution in [0.1, 0.15) is 0 Å². The van der Waals surface area contributed by atoms with E-state index in [0.29, 0.717) is 0 Å². The summed E-state index contributed by atoms with van der Waals surface area (Å²) >= 11 is 0. The molecule has 0 amide bonds. The second kappa shape index (κ2) is 2.12. The van der Waals surface area contributed by atoms with Crippen LogP contribution in [0, 0.1) is 6.92 Å². The molecule has 0 aromatic heterocycles. The molecule has 0 fully saturated rings. The fourth-order valence-electron chi connectivity index (χ4n) is 0.0833. The molecule has 3 heteroatoms. The Hall–Kier alpha value is -0.310. The second-order valence-corrected chi connectivity index (χ2v) is 3.10. The molecule has 0 rings (SSSR count). The van der Waals surface area contributed by atoms with Crippen LogP contribution in [0.3, 0.4) is 0 Å². The van der Waals surface area contributed by atoms with E-state index in [1.165, 1.54) is 0 Å². The van der Waals surface area contributed by atoms with Crippen LogP contribution < -0.4 is 0 Å². The van der Waals surface area contributed by atoms with Crippen molar-refractivity contribution in [2.75, 3.05) is 5.75 Å². The van der Waals surface area contributed by atoms with Crippen molar-refractivity contribution in [3.05, 3.63) is 18.9 Å². The van der Waals surface area contributed by atoms with Crippen LogP contribution >= 0.6 is 0 Å². The Labute approximate surface area is 43.8 Å². The molecule has 0 bridgehead atoms. The summed E-state index contributed by atoms with van der Waals surface area (Å²) in [6.07, 6.45) is 0. The molecule has 0 spiro atoms. The van der Waals surface area contributed by atoms with Crippen molar-refractivity contribution in [2.45, 2.75) is 0 Å². The molecule has 0 heterocycles. The van der Waals surface area contributed by atoms with Gasteiger partial charge in [0.15, 0.2) is 9.84 Å². The Morgan fingerprint density at radius 3 is 2.00 bits per heavy atom. The van der Waals surface area contributed by atoms with Crippen molar-refractivity contribution in [1.29, 1.82) is 0 Å². The monoisotopic (exact) mass is 119 g/mol. The first-order valence-electron chi connectivity index (χ1n) is 1.77. The summed E-state index contributed by atoms with van der Waals surface area (Å²) in [5, 5.41) is 0.903. The summed E-state index contributed by atoms with van der Waals surface area (Å²) in [5.41, 5.74) is 0. The van der Waals surface area contributed by atoms with Gasteiger partial charge >= 0.3 is 0 Å². The smallest absolute Gasteiger partial charge is 0.171 e. The van der Waals surface area contributed by atoms with Crippen LogP contribution in [-0.2, 0) is 9.84 Å². The van der Waals surface area contributed by atoms with Crippen LogP contribution in [-0.4, -0.2) is 14.2 Å². The first-order valence-corrected chi connectivity index (χ1v) is 3.48. The largest absolute Gasteiger partial charge is 0.224 e. The average Bonchev–Trinajstić information content (AvgIpc) is 1.68. The Morgan fingerprint density at radius 1 is 1.57 bits per heavy atom. The van der Waals surface area contributed by atoms with Gasteiger partial charge in [0.25, 0.3) is 0 Å². The van der Waals surface area contributed by atoms with E-state index in [1.807, 2.05) is 0 Å². The molecule has 0 atom stereocenters. The van der Waals surface area contributed by atoms with E-state index < -0.39 is 9.84 Å². The third-order valence-corrected chi connectivity index (χ3v) is 1.62. The summed E-state index contributed by atoms with van der Waals surface area (Å²) in [4.78, 5) is 0. The summed E-state index contributed by atoms with van der Waals surface area (Å²) in [5.74, 6) is -0.101. The lowest BCUT2D eigenvalue weighted by atomic mass is 11.0. The lowest BCUT2D eigenvalue weighted by Gasteiger charge is -1.83. The number of rotatable bonds is 2. The maximum absolute atomic E-state index is 10.2. The van der Waals surface area contributed by atoms with E-state index in [9.17, 15) is 8.42 Å². The van der Waals surface area contributed by atoms with Crippen molar-refractivity contribution in [2.24, 2.45) is 0 Å². The molecule has 0 aliphatic heterocycles. The minimum absolute atomic E-state index is 0.101. The highest BCUT2D eigenvalue weighted by molar-refractivity contribution is 7.94. The first-order chi connectivity index (χ1) is 3.12. The van der Waals surface area contributed by atoms with Crippen molar-refractivity contribution in [3.63, 3.8) is 0 Å². The van der Waals surface area contributed by atoms with Gasteiger partial charge in [-0.25, -0.2) is 8.42 Å². The molecule has 1 radical (unpaired) electrons. The quantitative estimate of drug-likeness (QED) is 0.526. The van der Waals surface area contributed by atoms with E-state index in [2.05, 4.69) is 13.5 Å². The zero-order valence-electron chi connectivity index (χ0n) is 3.92. The molecule has 0 aromatic rings. The van der Waals surface area contributed by atoms with Crippen LogP contribution in [0.2, 0.25) is 0 Å². The Balaban J connectivity index is 4.17. The van der Waals surface area contributed by atoms with Gasteiger partial charge in [0.05, 0.1) is 5.75 Å².